The van der Waals surface area contributed by atoms with Crippen molar-refractivity contribution in [3.8, 4) is 0 Å². The molecule has 124 valence electrons. The lowest BCUT2D eigenvalue weighted by Gasteiger charge is -2.28. The Balaban J connectivity index is 1.66. The average Bonchev–Trinajstić information content (AvgIpc) is 3.20. The topological polar surface area (TPSA) is 59.5 Å². The maximum atomic E-state index is 10.9. The van der Waals surface area contributed by atoms with E-state index in [2.05, 4.69) is 4.90 Å². The smallest absolute Gasteiger partial charge is 0.324 e. The van der Waals surface area contributed by atoms with Gasteiger partial charge in [0.1, 0.15) is 5.76 Å². The van der Waals surface area contributed by atoms with Gasteiger partial charge in [0.15, 0.2) is 0 Å². The highest BCUT2D eigenvalue weighted by atomic mass is 32.1. The van der Waals surface area contributed by atoms with E-state index in [1.807, 2.05) is 18.2 Å². The predicted molar refractivity (Wildman–Crippen MR) is 90.4 cm³/mol. The van der Waals surface area contributed by atoms with Gasteiger partial charge >= 0.3 is 5.00 Å². The molecule has 1 aliphatic rings. The first-order valence-corrected chi connectivity index (χ1v) is 9.00. The Bertz CT molecular complexity index is 618. The minimum Gasteiger partial charge on any atom is -0.468 e. The predicted octanol–water partition coefficient (Wildman–Crippen LogP) is 4.83. The Kier molecular flexibility index (Phi) is 5.46. The molecule has 0 atom stereocenters. The number of nitro groups is 1. The van der Waals surface area contributed by atoms with Crippen LogP contribution in [0, 0.1) is 16.0 Å². The fourth-order valence-corrected chi connectivity index (χ4v) is 4.18. The third kappa shape index (κ3) is 4.65. The first-order valence-electron chi connectivity index (χ1n) is 8.18. The van der Waals surface area contributed by atoms with Crippen molar-refractivity contribution in [3.63, 3.8) is 0 Å². The zero-order valence-corrected chi connectivity index (χ0v) is 14.0. The Hall–Kier alpha value is -1.66. The third-order valence-corrected chi connectivity index (χ3v) is 5.43. The second-order valence-corrected chi connectivity index (χ2v) is 7.40. The van der Waals surface area contributed by atoms with Crippen molar-refractivity contribution >= 4 is 16.3 Å². The van der Waals surface area contributed by atoms with Crippen molar-refractivity contribution in [1.82, 2.24) is 4.90 Å². The number of thiophene rings is 1. The molecule has 6 heteroatoms. The first kappa shape index (κ1) is 16.2. The van der Waals surface area contributed by atoms with Gasteiger partial charge in [-0.2, -0.15) is 0 Å². The number of hydrogen-bond acceptors (Lipinski definition) is 5. The SMILES string of the molecule is O=[N+]([O-])c1ccc(CN(Cc2ccco2)CC2CCCCC2)s1. The quantitative estimate of drug-likeness (QED) is 0.537. The summed E-state index contributed by atoms with van der Waals surface area (Å²) in [6.07, 6.45) is 8.28. The summed E-state index contributed by atoms with van der Waals surface area (Å²) in [5.41, 5.74) is 0. The largest absolute Gasteiger partial charge is 0.468 e. The lowest BCUT2D eigenvalue weighted by atomic mass is 9.89. The van der Waals surface area contributed by atoms with Gasteiger partial charge < -0.3 is 4.42 Å². The summed E-state index contributed by atoms with van der Waals surface area (Å²) < 4.78 is 5.49. The van der Waals surface area contributed by atoms with Crippen LogP contribution in [-0.4, -0.2) is 16.4 Å². The Labute approximate surface area is 140 Å². The highest BCUT2D eigenvalue weighted by molar-refractivity contribution is 7.15. The number of rotatable bonds is 7. The average molecular weight is 334 g/mol. The summed E-state index contributed by atoms with van der Waals surface area (Å²) in [5, 5.41) is 11.1. The molecule has 5 nitrogen and oxygen atoms in total. The molecule has 0 saturated heterocycles. The molecule has 0 N–H and O–H groups in total. The lowest BCUT2D eigenvalue weighted by molar-refractivity contribution is -0.380. The van der Waals surface area contributed by atoms with Gasteiger partial charge in [0, 0.05) is 24.0 Å². The van der Waals surface area contributed by atoms with E-state index in [4.69, 9.17) is 4.42 Å². The normalized spacial score (nSPS) is 16.0. The highest BCUT2D eigenvalue weighted by Gasteiger charge is 2.20. The minimum atomic E-state index is -0.313. The van der Waals surface area contributed by atoms with E-state index >= 15 is 0 Å². The summed E-state index contributed by atoms with van der Waals surface area (Å²) in [5.74, 6) is 1.68. The van der Waals surface area contributed by atoms with E-state index in [1.54, 1.807) is 12.3 Å². The van der Waals surface area contributed by atoms with Crippen LogP contribution in [0.1, 0.15) is 42.7 Å². The number of nitrogens with zero attached hydrogens (tertiary/aromatic N) is 2. The Morgan fingerprint density at radius 2 is 2.04 bits per heavy atom. The lowest BCUT2D eigenvalue weighted by Crippen LogP contribution is -2.29. The van der Waals surface area contributed by atoms with Gasteiger partial charge in [-0.15, -0.1) is 0 Å². The molecule has 2 aromatic heterocycles. The van der Waals surface area contributed by atoms with Gasteiger partial charge in [0.05, 0.1) is 17.7 Å². The summed E-state index contributed by atoms with van der Waals surface area (Å²) in [4.78, 5) is 14.0. The van der Waals surface area contributed by atoms with Crippen LogP contribution in [0.15, 0.2) is 34.9 Å². The molecule has 0 aliphatic heterocycles. The van der Waals surface area contributed by atoms with E-state index in [1.165, 1.54) is 43.4 Å². The van der Waals surface area contributed by atoms with E-state index in [-0.39, 0.29) is 9.92 Å². The van der Waals surface area contributed by atoms with Crippen molar-refractivity contribution in [1.29, 1.82) is 0 Å². The van der Waals surface area contributed by atoms with Crippen LogP contribution in [0.25, 0.3) is 0 Å². The molecule has 23 heavy (non-hydrogen) atoms. The summed E-state index contributed by atoms with van der Waals surface area (Å²) in [6, 6.07) is 7.37. The minimum absolute atomic E-state index is 0.218. The fourth-order valence-electron chi connectivity index (χ4n) is 3.31. The van der Waals surface area contributed by atoms with E-state index in [0.29, 0.717) is 0 Å². The van der Waals surface area contributed by atoms with Gasteiger partial charge in [-0.1, -0.05) is 30.6 Å². The van der Waals surface area contributed by atoms with Crippen molar-refractivity contribution < 1.29 is 9.34 Å². The molecule has 0 unspecified atom stereocenters. The van der Waals surface area contributed by atoms with Gasteiger partial charge in [-0.3, -0.25) is 15.0 Å². The van der Waals surface area contributed by atoms with E-state index < -0.39 is 0 Å². The number of hydrogen-bond donors (Lipinski definition) is 0. The Morgan fingerprint density at radius 1 is 1.22 bits per heavy atom. The molecular formula is C17H22N2O3S. The maximum Gasteiger partial charge on any atom is 0.324 e. The van der Waals surface area contributed by atoms with Gasteiger partial charge in [0.2, 0.25) is 0 Å². The standard InChI is InChI=1S/C17H22N2O3S/c20-19(21)17-9-8-16(23-17)13-18(12-15-7-4-10-22-15)11-14-5-2-1-3-6-14/h4,7-10,14H,1-3,5-6,11-13H2. The molecular weight excluding hydrogens is 312 g/mol. The monoisotopic (exact) mass is 334 g/mol. The molecule has 2 heterocycles. The summed E-state index contributed by atoms with van der Waals surface area (Å²) in [7, 11) is 0. The third-order valence-electron chi connectivity index (χ3n) is 4.41. The molecule has 1 saturated carbocycles. The van der Waals surface area contributed by atoms with E-state index in [9.17, 15) is 10.1 Å². The molecule has 0 radical (unpaired) electrons. The van der Waals surface area contributed by atoms with Crippen LogP contribution >= 0.6 is 11.3 Å². The maximum absolute atomic E-state index is 10.9. The molecule has 2 aromatic rings. The molecule has 1 fully saturated rings. The first-order chi connectivity index (χ1) is 11.2. The number of furan rings is 1. The fraction of sp³-hybridized carbons (Fsp3) is 0.529. The van der Waals surface area contributed by atoms with Crippen LogP contribution < -0.4 is 0 Å². The van der Waals surface area contributed by atoms with Crippen molar-refractivity contribution in [3.05, 3.63) is 51.3 Å². The van der Waals surface area contributed by atoms with Crippen LogP contribution in [0.4, 0.5) is 5.00 Å². The molecule has 0 amide bonds. The molecule has 1 aliphatic carbocycles. The Morgan fingerprint density at radius 3 is 2.70 bits per heavy atom. The second kappa shape index (κ2) is 7.75. The highest BCUT2D eigenvalue weighted by Crippen LogP contribution is 2.28. The van der Waals surface area contributed by atoms with Crippen molar-refractivity contribution in [2.75, 3.05) is 6.54 Å². The van der Waals surface area contributed by atoms with Crippen LogP contribution in [0.2, 0.25) is 0 Å². The van der Waals surface area contributed by atoms with Crippen LogP contribution in [0.5, 0.6) is 0 Å². The van der Waals surface area contributed by atoms with Crippen molar-refractivity contribution in [2.24, 2.45) is 5.92 Å². The molecule has 0 spiro atoms. The zero-order valence-electron chi connectivity index (χ0n) is 13.1. The van der Waals surface area contributed by atoms with Gasteiger partial charge in [-0.25, -0.2) is 0 Å². The summed E-state index contributed by atoms with van der Waals surface area (Å²) >= 11 is 1.27. The van der Waals surface area contributed by atoms with Crippen LogP contribution in [-0.2, 0) is 13.1 Å². The van der Waals surface area contributed by atoms with Crippen molar-refractivity contribution in [2.45, 2.75) is 45.2 Å². The van der Waals surface area contributed by atoms with Crippen LogP contribution in [0.3, 0.4) is 0 Å². The van der Waals surface area contributed by atoms with Gasteiger partial charge in [0.25, 0.3) is 0 Å². The molecule has 3 rings (SSSR count). The second-order valence-electron chi connectivity index (χ2n) is 6.25. The van der Waals surface area contributed by atoms with Gasteiger partial charge in [-0.05, 0) is 37.0 Å². The zero-order chi connectivity index (χ0) is 16.1. The summed E-state index contributed by atoms with van der Waals surface area (Å²) in [6.45, 7) is 2.54. The van der Waals surface area contributed by atoms with E-state index in [0.717, 1.165) is 36.2 Å². The molecule has 0 aromatic carbocycles. The molecule has 0 bridgehead atoms.